The number of amides is 1. The van der Waals surface area contributed by atoms with Crippen LogP contribution in [0.25, 0.3) is 0 Å². The molecule has 5 rings (SSSR count). The normalized spacial score (nSPS) is 23.4. The Kier molecular flexibility index (Phi) is 11.2. The zero-order valence-electron chi connectivity index (χ0n) is 28.9. The molecule has 0 aromatic heterocycles. The van der Waals surface area contributed by atoms with Crippen LogP contribution in [0.5, 0.6) is 5.75 Å². The van der Waals surface area contributed by atoms with Crippen molar-refractivity contribution in [1.82, 2.24) is 9.62 Å². The Hall–Kier alpha value is -3.03. The molecule has 260 valence electrons. The molecule has 0 unspecified atom stereocenters. The second-order valence-corrected chi connectivity index (χ2v) is 16.9. The van der Waals surface area contributed by atoms with Crippen LogP contribution in [0.4, 0.5) is 5.69 Å². The molecule has 2 aromatic rings. The molecule has 2 aliphatic carbocycles. The molecule has 48 heavy (non-hydrogen) atoms. The topological polar surface area (TPSA) is 99.2 Å². The largest absolute Gasteiger partial charge is 0.490 e. The first-order chi connectivity index (χ1) is 22.8. The molecule has 4 atom stereocenters. The first kappa shape index (κ1) is 36.3. The summed E-state index contributed by atoms with van der Waals surface area (Å²) < 4.78 is 34.0. The van der Waals surface area contributed by atoms with Crippen LogP contribution in [0.3, 0.4) is 0 Å². The third kappa shape index (κ3) is 7.89. The number of hydrogen-bond donors (Lipinski definition) is 2. The molecular weight excluding hydrogens is 646 g/mol. The summed E-state index contributed by atoms with van der Waals surface area (Å²) in [6, 6.07) is 11.3. The first-order valence-corrected chi connectivity index (χ1v) is 19.1. The number of hydrogen-bond acceptors (Lipinski definition) is 7. The predicted molar refractivity (Wildman–Crippen MR) is 193 cm³/mol. The zero-order valence-corrected chi connectivity index (χ0v) is 30.5. The maximum absolute atomic E-state index is 13.3. The van der Waals surface area contributed by atoms with Crippen LogP contribution in [0.2, 0.25) is 5.02 Å². The van der Waals surface area contributed by atoms with Crippen molar-refractivity contribution in [2.75, 3.05) is 45.2 Å². The molecule has 0 saturated heterocycles. The van der Waals surface area contributed by atoms with Crippen molar-refractivity contribution in [2.24, 2.45) is 11.8 Å². The number of nitrogens with zero attached hydrogens (tertiary/aromatic N) is 2. The summed E-state index contributed by atoms with van der Waals surface area (Å²) in [7, 11) is 0.216. The van der Waals surface area contributed by atoms with Crippen molar-refractivity contribution in [3.63, 3.8) is 0 Å². The van der Waals surface area contributed by atoms with E-state index in [1.165, 1.54) is 25.0 Å². The average Bonchev–Trinajstić information content (AvgIpc) is 3.17. The highest BCUT2D eigenvalue weighted by atomic mass is 35.5. The van der Waals surface area contributed by atoms with Crippen LogP contribution in [-0.2, 0) is 21.9 Å². The van der Waals surface area contributed by atoms with Crippen molar-refractivity contribution < 1.29 is 23.1 Å². The van der Waals surface area contributed by atoms with Gasteiger partial charge in [0.2, 0.25) is 10.0 Å². The van der Waals surface area contributed by atoms with E-state index in [0.29, 0.717) is 31.9 Å². The molecule has 1 fully saturated rings. The summed E-state index contributed by atoms with van der Waals surface area (Å²) in [5.41, 5.74) is 1.90. The van der Waals surface area contributed by atoms with Crippen molar-refractivity contribution in [3.05, 3.63) is 70.3 Å². The number of fused-ring (bicyclic) bond motifs is 3. The summed E-state index contributed by atoms with van der Waals surface area (Å²) in [6.45, 7) is 7.69. The molecule has 2 N–H and O–H groups in total. The van der Waals surface area contributed by atoms with E-state index in [4.69, 9.17) is 16.3 Å². The molecule has 10 heteroatoms. The first-order valence-electron chi connectivity index (χ1n) is 17.2. The summed E-state index contributed by atoms with van der Waals surface area (Å²) in [6.07, 6.45) is 10.0. The number of rotatable bonds is 10. The van der Waals surface area contributed by atoms with Gasteiger partial charge in [0.15, 0.2) is 0 Å². The number of aliphatic hydroxyl groups is 1. The highest BCUT2D eigenvalue weighted by molar-refractivity contribution is 7.90. The van der Waals surface area contributed by atoms with Crippen LogP contribution in [0.15, 0.2) is 48.6 Å². The Morgan fingerprint density at radius 2 is 2.04 bits per heavy atom. The fourth-order valence-electron chi connectivity index (χ4n) is 7.25. The fraction of sp³-hybridized carbons (Fsp3) is 0.553. The maximum atomic E-state index is 13.3. The third-order valence-corrected chi connectivity index (χ3v) is 12.1. The van der Waals surface area contributed by atoms with E-state index in [9.17, 15) is 18.3 Å². The molecule has 0 radical (unpaired) electrons. The Morgan fingerprint density at radius 3 is 2.73 bits per heavy atom. The molecule has 2 aromatic carbocycles. The second-order valence-electron chi connectivity index (χ2n) is 14.2. The fourth-order valence-corrected chi connectivity index (χ4v) is 8.06. The minimum absolute atomic E-state index is 0.0594. The lowest BCUT2D eigenvalue weighted by Crippen LogP contribution is -2.52. The lowest BCUT2D eigenvalue weighted by atomic mass is 9.64. The van der Waals surface area contributed by atoms with E-state index in [0.717, 1.165) is 55.8 Å². The van der Waals surface area contributed by atoms with Crippen LogP contribution in [-0.4, -0.2) is 75.5 Å². The number of benzene rings is 2. The van der Waals surface area contributed by atoms with Crippen molar-refractivity contribution in [1.29, 1.82) is 0 Å². The van der Waals surface area contributed by atoms with E-state index < -0.39 is 26.8 Å². The van der Waals surface area contributed by atoms with Crippen molar-refractivity contribution in [3.8, 4) is 17.6 Å². The molecule has 1 spiro atoms. The molecule has 1 aliphatic heterocycles. The number of carbonyl (C=O) groups is 1. The molecule has 3 aliphatic rings. The van der Waals surface area contributed by atoms with Gasteiger partial charge in [-0.2, -0.15) is 0 Å². The minimum Gasteiger partial charge on any atom is -0.490 e. The number of anilines is 1. The summed E-state index contributed by atoms with van der Waals surface area (Å²) >= 11 is 6.44. The van der Waals surface area contributed by atoms with Crippen LogP contribution in [0, 0.1) is 23.7 Å². The Labute approximate surface area is 291 Å². The van der Waals surface area contributed by atoms with Gasteiger partial charge >= 0.3 is 0 Å². The van der Waals surface area contributed by atoms with Crippen LogP contribution >= 0.6 is 11.6 Å². The smallest absolute Gasteiger partial charge is 0.264 e. The molecule has 8 nitrogen and oxygen atoms in total. The number of halogens is 1. The minimum atomic E-state index is -3.81. The van der Waals surface area contributed by atoms with Gasteiger partial charge in [-0.05, 0) is 120 Å². The Bertz CT molecular complexity index is 1700. The van der Waals surface area contributed by atoms with Gasteiger partial charge in [0, 0.05) is 48.0 Å². The van der Waals surface area contributed by atoms with Gasteiger partial charge in [0.1, 0.15) is 11.4 Å². The highest BCUT2D eigenvalue weighted by Gasteiger charge is 2.47. The molecular formula is C38H50ClN3O5S. The predicted octanol–water partition coefficient (Wildman–Crippen LogP) is 5.96. The lowest BCUT2D eigenvalue weighted by molar-refractivity contribution is -0.00320. The SMILES string of the molecule is CC/C=C/[C@](O)(C#CCCN(C)C)[C@@H]1CC[C@H]1CN1C[C@@]2(CCCc3cc(Cl)ccc32)COc2ccc(C(=O)NS(=O)(=O)C(C)C)cc21. The van der Waals surface area contributed by atoms with E-state index in [2.05, 4.69) is 45.4 Å². The van der Waals surface area contributed by atoms with Crippen molar-refractivity contribution >= 4 is 33.2 Å². The maximum Gasteiger partial charge on any atom is 0.264 e. The van der Waals surface area contributed by atoms with E-state index in [1.54, 1.807) is 18.2 Å². The number of nitrogens with one attached hydrogen (secondary N) is 1. The van der Waals surface area contributed by atoms with Gasteiger partial charge < -0.3 is 19.6 Å². The lowest BCUT2D eigenvalue weighted by Gasteiger charge is -2.47. The molecule has 1 amide bonds. The third-order valence-electron chi connectivity index (χ3n) is 10.2. The molecule has 0 bridgehead atoms. The number of carbonyl (C=O) groups excluding carboxylic acids is 1. The Balaban J connectivity index is 1.52. The van der Waals surface area contributed by atoms with E-state index >= 15 is 0 Å². The van der Waals surface area contributed by atoms with Gasteiger partial charge in [-0.25, -0.2) is 13.1 Å². The van der Waals surface area contributed by atoms with E-state index in [1.807, 2.05) is 32.3 Å². The monoisotopic (exact) mass is 695 g/mol. The van der Waals surface area contributed by atoms with Gasteiger partial charge in [0.05, 0.1) is 17.5 Å². The van der Waals surface area contributed by atoms with Gasteiger partial charge in [-0.15, -0.1) is 0 Å². The summed E-state index contributed by atoms with van der Waals surface area (Å²) in [5.74, 6) is 6.54. The van der Waals surface area contributed by atoms with Crippen molar-refractivity contribution in [2.45, 2.75) is 82.0 Å². The van der Waals surface area contributed by atoms with Crippen LogP contribution in [0.1, 0.15) is 80.8 Å². The Morgan fingerprint density at radius 1 is 1.25 bits per heavy atom. The number of ether oxygens (including phenoxy) is 1. The highest BCUT2D eigenvalue weighted by Crippen LogP contribution is 2.48. The number of sulfonamides is 1. The van der Waals surface area contributed by atoms with E-state index in [-0.39, 0.29) is 22.8 Å². The van der Waals surface area contributed by atoms with Gasteiger partial charge in [-0.1, -0.05) is 42.5 Å². The summed E-state index contributed by atoms with van der Waals surface area (Å²) in [5, 5.41) is 12.0. The molecule has 1 saturated carbocycles. The standard InChI is InChI=1S/C38H50ClN3O5S/c1-6-7-19-38(44,20-8-9-21-41(4)5)33-15-12-30(33)24-42-25-37(18-10-11-28-22-31(39)14-16-32(28)37)26-47-35-17-13-29(23-34(35)42)36(43)40-48(45,46)27(2)3/h7,13-14,16-17,19,22-23,27,30,33,44H,6,9-12,15,18,21,24-26H2,1-5H3,(H,40,43)/b19-7+/t30-,33+,37-,38-/m0/s1. The second kappa shape index (κ2) is 14.8. The van der Waals surface area contributed by atoms with Gasteiger partial charge in [-0.3, -0.25) is 4.79 Å². The zero-order chi connectivity index (χ0) is 34.7. The summed E-state index contributed by atoms with van der Waals surface area (Å²) in [4.78, 5) is 17.6. The number of allylic oxidation sites excluding steroid dienone is 1. The average molecular weight is 696 g/mol. The molecule has 1 heterocycles. The van der Waals surface area contributed by atoms with Gasteiger partial charge in [0.25, 0.3) is 5.91 Å². The number of aryl methyl sites for hydroxylation is 1. The van der Waals surface area contributed by atoms with Crippen LogP contribution < -0.4 is 14.4 Å². The quantitative estimate of drug-likeness (QED) is 0.234.